The van der Waals surface area contributed by atoms with Gasteiger partial charge in [0.15, 0.2) is 0 Å². The van der Waals surface area contributed by atoms with Crippen molar-refractivity contribution in [1.29, 1.82) is 0 Å². The molecule has 30 heavy (non-hydrogen) atoms. The van der Waals surface area contributed by atoms with Gasteiger partial charge in [-0.05, 0) is 67.6 Å². The Kier molecular flexibility index (Phi) is 7.93. The van der Waals surface area contributed by atoms with E-state index >= 15 is 0 Å². The number of halogens is 3. The van der Waals surface area contributed by atoms with Gasteiger partial charge in [0.2, 0.25) is 0 Å². The second kappa shape index (κ2) is 10.2. The van der Waals surface area contributed by atoms with Gasteiger partial charge in [0.05, 0.1) is 17.7 Å². The standard InChI is InChI=1S/C24H25F3O3/c1-4-30-23(29)20-11-9-17(19(14-20)7-5-6-16(2)3)8-10-18-12-13-21(28)15-22(18)24(25,26)27/h9,11-16,28H,4-7H2,1-3H3. The molecule has 0 aliphatic carbocycles. The number of phenols is 1. The van der Waals surface area contributed by atoms with Crippen LogP contribution in [0, 0.1) is 17.8 Å². The minimum absolute atomic E-state index is 0.220. The topological polar surface area (TPSA) is 46.5 Å². The molecular formula is C24H25F3O3. The third kappa shape index (κ3) is 6.55. The highest BCUT2D eigenvalue weighted by atomic mass is 19.4. The van der Waals surface area contributed by atoms with Gasteiger partial charge >= 0.3 is 12.1 Å². The Labute approximate surface area is 174 Å². The van der Waals surface area contributed by atoms with E-state index in [1.54, 1.807) is 25.1 Å². The van der Waals surface area contributed by atoms with Crippen molar-refractivity contribution in [3.05, 3.63) is 64.2 Å². The van der Waals surface area contributed by atoms with Gasteiger partial charge < -0.3 is 9.84 Å². The number of carbonyl (C=O) groups excluding carboxylic acids is 1. The molecule has 0 fully saturated rings. The second-order valence-electron chi connectivity index (χ2n) is 7.36. The Morgan fingerprint density at radius 1 is 1.10 bits per heavy atom. The predicted octanol–water partition coefficient (Wildman–Crippen LogP) is 5.97. The normalized spacial score (nSPS) is 11.2. The van der Waals surface area contributed by atoms with Crippen molar-refractivity contribution in [1.82, 2.24) is 0 Å². The summed E-state index contributed by atoms with van der Waals surface area (Å²) in [6, 6.07) is 7.89. The molecule has 3 nitrogen and oxygen atoms in total. The van der Waals surface area contributed by atoms with Crippen molar-refractivity contribution in [2.24, 2.45) is 5.92 Å². The first-order chi connectivity index (χ1) is 14.1. The fourth-order valence-electron chi connectivity index (χ4n) is 2.98. The Morgan fingerprint density at radius 2 is 1.77 bits per heavy atom. The van der Waals surface area contributed by atoms with Crippen LogP contribution in [0.5, 0.6) is 5.75 Å². The van der Waals surface area contributed by atoms with Crippen LogP contribution in [0.25, 0.3) is 0 Å². The highest BCUT2D eigenvalue weighted by Crippen LogP contribution is 2.33. The fraction of sp³-hybridized carbons (Fsp3) is 0.375. The molecule has 0 radical (unpaired) electrons. The van der Waals surface area contributed by atoms with Gasteiger partial charge in [0.1, 0.15) is 5.75 Å². The monoisotopic (exact) mass is 418 g/mol. The largest absolute Gasteiger partial charge is 0.508 e. The molecule has 0 atom stereocenters. The Balaban J connectivity index is 2.43. The van der Waals surface area contributed by atoms with Crippen molar-refractivity contribution in [3.63, 3.8) is 0 Å². The van der Waals surface area contributed by atoms with E-state index < -0.39 is 23.5 Å². The van der Waals surface area contributed by atoms with Crippen molar-refractivity contribution in [2.45, 2.75) is 46.2 Å². The third-order valence-electron chi connectivity index (χ3n) is 4.48. The van der Waals surface area contributed by atoms with Gasteiger partial charge in [-0.2, -0.15) is 13.2 Å². The van der Waals surface area contributed by atoms with Crippen LogP contribution in [0.4, 0.5) is 13.2 Å². The molecule has 160 valence electrons. The van der Waals surface area contributed by atoms with E-state index in [1.807, 2.05) is 0 Å². The van der Waals surface area contributed by atoms with Crippen LogP contribution in [-0.2, 0) is 17.3 Å². The summed E-state index contributed by atoms with van der Waals surface area (Å²) in [5, 5.41) is 9.41. The zero-order chi connectivity index (χ0) is 22.3. The zero-order valence-electron chi connectivity index (χ0n) is 17.3. The van der Waals surface area contributed by atoms with Crippen LogP contribution in [-0.4, -0.2) is 17.7 Å². The summed E-state index contributed by atoms with van der Waals surface area (Å²) >= 11 is 0. The van der Waals surface area contributed by atoms with Gasteiger partial charge in [-0.1, -0.05) is 32.1 Å². The van der Waals surface area contributed by atoms with E-state index in [-0.39, 0.29) is 12.2 Å². The van der Waals surface area contributed by atoms with Crippen LogP contribution in [0.1, 0.15) is 66.2 Å². The molecule has 2 aromatic rings. The number of aromatic hydroxyl groups is 1. The maximum absolute atomic E-state index is 13.3. The van der Waals surface area contributed by atoms with Crippen LogP contribution in [0.3, 0.4) is 0 Å². The Bertz CT molecular complexity index is 950. The average Bonchev–Trinajstić information content (AvgIpc) is 2.66. The summed E-state index contributed by atoms with van der Waals surface area (Å²) in [5.74, 6) is 4.99. The van der Waals surface area contributed by atoms with E-state index in [9.17, 15) is 23.1 Å². The summed E-state index contributed by atoms with van der Waals surface area (Å²) in [6.07, 6.45) is -2.13. The lowest BCUT2D eigenvalue weighted by Gasteiger charge is -2.10. The molecule has 1 N–H and O–H groups in total. The number of carbonyl (C=O) groups is 1. The number of ether oxygens (including phenoxy) is 1. The lowest BCUT2D eigenvalue weighted by Crippen LogP contribution is -2.07. The smallest absolute Gasteiger partial charge is 0.417 e. The molecule has 0 aliphatic heterocycles. The molecule has 0 bridgehead atoms. The summed E-state index contributed by atoms with van der Waals surface area (Å²) in [4.78, 5) is 12.0. The first-order valence-electron chi connectivity index (χ1n) is 9.84. The number of alkyl halides is 3. The lowest BCUT2D eigenvalue weighted by molar-refractivity contribution is -0.137. The second-order valence-corrected chi connectivity index (χ2v) is 7.36. The number of rotatable bonds is 6. The van der Waals surface area contributed by atoms with Gasteiger partial charge in [-0.3, -0.25) is 0 Å². The number of hydrogen-bond donors (Lipinski definition) is 1. The van der Waals surface area contributed by atoms with E-state index in [0.29, 0.717) is 29.5 Å². The molecule has 0 spiro atoms. The van der Waals surface area contributed by atoms with Gasteiger partial charge in [0.25, 0.3) is 0 Å². The fourth-order valence-corrected chi connectivity index (χ4v) is 2.98. The molecule has 2 aromatic carbocycles. The molecule has 6 heteroatoms. The minimum atomic E-state index is -4.63. The molecular weight excluding hydrogens is 393 g/mol. The van der Waals surface area contributed by atoms with Gasteiger partial charge in [0, 0.05) is 11.1 Å². The van der Waals surface area contributed by atoms with Gasteiger partial charge in [-0.25, -0.2) is 4.79 Å². The highest BCUT2D eigenvalue weighted by molar-refractivity contribution is 5.89. The predicted molar refractivity (Wildman–Crippen MR) is 109 cm³/mol. The number of esters is 1. The first-order valence-corrected chi connectivity index (χ1v) is 9.84. The summed E-state index contributed by atoms with van der Waals surface area (Å²) in [6.45, 7) is 6.19. The van der Waals surface area contributed by atoms with Crippen LogP contribution in [0.2, 0.25) is 0 Å². The lowest BCUT2D eigenvalue weighted by atomic mass is 9.96. The van der Waals surface area contributed by atoms with Crippen LogP contribution >= 0.6 is 0 Å². The van der Waals surface area contributed by atoms with E-state index in [1.165, 1.54) is 6.07 Å². The van der Waals surface area contributed by atoms with Crippen molar-refractivity contribution in [3.8, 4) is 17.6 Å². The van der Waals surface area contributed by atoms with Crippen LogP contribution in [0.15, 0.2) is 36.4 Å². The maximum Gasteiger partial charge on any atom is 0.417 e. The number of hydrogen-bond acceptors (Lipinski definition) is 3. The number of benzene rings is 2. The molecule has 0 heterocycles. The third-order valence-corrected chi connectivity index (χ3v) is 4.48. The maximum atomic E-state index is 13.3. The van der Waals surface area contributed by atoms with E-state index in [4.69, 9.17) is 4.74 Å². The Hall–Kier alpha value is -2.94. The first kappa shape index (κ1) is 23.3. The minimum Gasteiger partial charge on any atom is -0.508 e. The molecule has 0 unspecified atom stereocenters. The van der Waals surface area contributed by atoms with Crippen LogP contribution < -0.4 is 0 Å². The summed E-state index contributed by atoms with van der Waals surface area (Å²) < 4.78 is 44.8. The molecule has 0 saturated heterocycles. The zero-order valence-corrected chi connectivity index (χ0v) is 17.3. The van der Waals surface area contributed by atoms with Crippen molar-refractivity contribution in [2.75, 3.05) is 6.61 Å². The average molecular weight is 418 g/mol. The molecule has 0 aromatic heterocycles. The SMILES string of the molecule is CCOC(=O)c1ccc(C#Cc2ccc(O)cc2C(F)(F)F)c(CCCC(C)C)c1. The van der Waals surface area contributed by atoms with Crippen molar-refractivity contribution < 1.29 is 27.8 Å². The Morgan fingerprint density at radius 3 is 2.40 bits per heavy atom. The quantitative estimate of drug-likeness (QED) is 0.465. The molecule has 2 rings (SSSR count). The molecule has 0 amide bonds. The van der Waals surface area contributed by atoms with Gasteiger partial charge in [-0.15, -0.1) is 0 Å². The molecule has 0 aliphatic rings. The number of phenolic OH excluding ortho intramolecular Hbond substituents is 1. The summed E-state index contributed by atoms with van der Waals surface area (Å²) in [7, 11) is 0. The molecule has 0 saturated carbocycles. The van der Waals surface area contributed by atoms with E-state index in [2.05, 4.69) is 25.7 Å². The summed E-state index contributed by atoms with van der Waals surface area (Å²) in [5.41, 5.74) is 0.541. The van der Waals surface area contributed by atoms with E-state index in [0.717, 1.165) is 24.5 Å². The number of aryl methyl sites for hydroxylation is 1. The van der Waals surface area contributed by atoms with Crippen molar-refractivity contribution >= 4 is 5.97 Å². The highest BCUT2D eigenvalue weighted by Gasteiger charge is 2.33.